The fourth-order valence-electron chi connectivity index (χ4n) is 2.85. The van der Waals surface area contributed by atoms with E-state index in [1.54, 1.807) is 13.3 Å². The molecule has 0 radical (unpaired) electrons. The van der Waals surface area contributed by atoms with E-state index in [2.05, 4.69) is 20.2 Å². The van der Waals surface area contributed by atoms with Gasteiger partial charge in [-0.25, -0.2) is 4.98 Å². The number of ether oxygens (including phenoxy) is 2. The Kier molecular flexibility index (Phi) is 6.77. The Balaban J connectivity index is 1.68. The number of alkyl halides is 2. The smallest absolute Gasteiger partial charge is 0.227 e. The molecule has 1 aliphatic heterocycles. The third kappa shape index (κ3) is 4.69. The molecule has 140 valence electrons. The quantitative estimate of drug-likeness (QED) is 0.722. The second-order valence-electron chi connectivity index (χ2n) is 5.90. The summed E-state index contributed by atoms with van der Waals surface area (Å²) in [6.07, 6.45) is 2.46. The summed E-state index contributed by atoms with van der Waals surface area (Å²) in [4.78, 5) is 11.1. The van der Waals surface area contributed by atoms with E-state index in [-0.39, 0.29) is 6.04 Å². The zero-order chi connectivity index (χ0) is 18.4. The number of hydrogen-bond acceptors (Lipinski definition) is 6. The van der Waals surface area contributed by atoms with E-state index in [0.717, 1.165) is 17.1 Å². The fourth-order valence-corrected chi connectivity index (χ4v) is 3.42. The highest BCUT2D eigenvalue weighted by atomic mass is 35.5. The molecule has 1 saturated heterocycles. The van der Waals surface area contributed by atoms with Gasteiger partial charge in [0.15, 0.2) is 5.56 Å². The Morgan fingerprint density at radius 3 is 2.85 bits per heavy atom. The van der Waals surface area contributed by atoms with E-state index in [1.807, 2.05) is 30.3 Å². The second kappa shape index (κ2) is 9.26. The van der Waals surface area contributed by atoms with Crippen LogP contribution in [-0.2, 0) is 11.3 Å². The molecule has 2 atom stereocenters. The first-order chi connectivity index (χ1) is 12.7. The van der Waals surface area contributed by atoms with Crippen molar-refractivity contribution in [3.8, 4) is 5.75 Å². The highest BCUT2D eigenvalue weighted by Gasteiger charge is 2.32. The van der Waals surface area contributed by atoms with E-state index in [4.69, 9.17) is 32.7 Å². The molecule has 1 fully saturated rings. The number of benzene rings is 1. The van der Waals surface area contributed by atoms with E-state index in [9.17, 15) is 0 Å². The zero-order valence-corrected chi connectivity index (χ0v) is 16.1. The van der Waals surface area contributed by atoms with Crippen LogP contribution in [0.1, 0.15) is 12.0 Å². The van der Waals surface area contributed by atoms with Gasteiger partial charge < -0.3 is 19.7 Å². The molecule has 0 amide bonds. The van der Waals surface area contributed by atoms with Gasteiger partial charge in [0.2, 0.25) is 5.95 Å². The molecular formula is C18H22Cl2N4O2. The standard InChI is InChI=1S/C18H22Cl2N4O2/c1-25-14-4-2-13(3-5-14)12-22-16-7-9-21-18(23-16)24-10-11-26-17(20)15(24)6-8-19/h2-5,7,9,15,17H,6,8,10-12H2,1H3,(H,21,22,23). The lowest BCUT2D eigenvalue weighted by Gasteiger charge is -2.38. The van der Waals surface area contributed by atoms with Gasteiger partial charge in [-0.2, -0.15) is 4.98 Å². The molecular weight excluding hydrogens is 375 g/mol. The molecule has 6 nitrogen and oxygen atoms in total. The van der Waals surface area contributed by atoms with Crippen molar-refractivity contribution in [1.82, 2.24) is 9.97 Å². The van der Waals surface area contributed by atoms with Crippen molar-refractivity contribution < 1.29 is 9.47 Å². The van der Waals surface area contributed by atoms with Crippen LogP contribution in [0.3, 0.4) is 0 Å². The van der Waals surface area contributed by atoms with Crippen molar-refractivity contribution in [2.45, 2.75) is 24.6 Å². The molecule has 1 aliphatic rings. The highest BCUT2D eigenvalue weighted by molar-refractivity contribution is 6.20. The number of nitrogens with zero attached hydrogens (tertiary/aromatic N) is 3. The number of anilines is 2. The predicted molar refractivity (Wildman–Crippen MR) is 104 cm³/mol. The maximum absolute atomic E-state index is 6.31. The van der Waals surface area contributed by atoms with Gasteiger partial charge in [0, 0.05) is 25.2 Å². The second-order valence-corrected chi connectivity index (χ2v) is 6.71. The summed E-state index contributed by atoms with van der Waals surface area (Å²) < 4.78 is 10.7. The van der Waals surface area contributed by atoms with Crippen molar-refractivity contribution in [3.63, 3.8) is 0 Å². The number of hydrogen-bond donors (Lipinski definition) is 1. The predicted octanol–water partition coefficient (Wildman–Crippen LogP) is 3.50. The van der Waals surface area contributed by atoms with Crippen molar-refractivity contribution >= 4 is 35.0 Å². The third-order valence-corrected chi connectivity index (χ3v) is 4.88. The summed E-state index contributed by atoms with van der Waals surface area (Å²) >= 11 is 12.2. The van der Waals surface area contributed by atoms with Crippen LogP contribution in [0.2, 0.25) is 0 Å². The lowest BCUT2D eigenvalue weighted by atomic mass is 10.2. The SMILES string of the molecule is COc1ccc(CNc2ccnc(N3CCOC(Cl)C3CCCl)n2)cc1. The summed E-state index contributed by atoms with van der Waals surface area (Å²) in [5.74, 6) is 2.73. The van der Waals surface area contributed by atoms with Crippen molar-refractivity contribution in [2.24, 2.45) is 0 Å². The molecule has 1 aromatic heterocycles. The Morgan fingerprint density at radius 2 is 2.12 bits per heavy atom. The number of nitrogens with one attached hydrogen (secondary N) is 1. The van der Waals surface area contributed by atoms with E-state index < -0.39 is 5.56 Å². The minimum Gasteiger partial charge on any atom is -0.497 e. The molecule has 0 aliphatic carbocycles. The van der Waals surface area contributed by atoms with Crippen LogP contribution in [0.4, 0.5) is 11.8 Å². The first kappa shape index (κ1) is 19.0. The van der Waals surface area contributed by atoms with Crippen LogP contribution in [0.5, 0.6) is 5.75 Å². The first-order valence-electron chi connectivity index (χ1n) is 8.49. The van der Waals surface area contributed by atoms with E-state index >= 15 is 0 Å². The van der Waals surface area contributed by atoms with Gasteiger partial charge in [0.1, 0.15) is 11.6 Å². The molecule has 1 N–H and O–H groups in total. The van der Waals surface area contributed by atoms with Gasteiger partial charge in [0.05, 0.1) is 19.8 Å². The average Bonchev–Trinajstić information content (AvgIpc) is 2.69. The molecule has 2 unspecified atom stereocenters. The summed E-state index contributed by atoms with van der Waals surface area (Å²) in [6, 6.07) is 9.72. The molecule has 0 bridgehead atoms. The lowest BCUT2D eigenvalue weighted by molar-refractivity contribution is 0.0626. The number of rotatable bonds is 7. The van der Waals surface area contributed by atoms with E-state index in [1.165, 1.54) is 0 Å². The largest absolute Gasteiger partial charge is 0.497 e. The fraction of sp³-hybridized carbons (Fsp3) is 0.444. The molecule has 2 aromatic rings. The van der Waals surface area contributed by atoms with Gasteiger partial charge in [-0.15, -0.1) is 11.6 Å². The van der Waals surface area contributed by atoms with Crippen LogP contribution < -0.4 is 15.0 Å². The van der Waals surface area contributed by atoms with Crippen LogP contribution in [0.25, 0.3) is 0 Å². The van der Waals surface area contributed by atoms with Crippen LogP contribution in [0.15, 0.2) is 36.5 Å². The Hall–Kier alpha value is -1.76. The third-order valence-electron chi connectivity index (χ3n) is 4.25. The van der Waals surface area contributed by atoms with Crippen molar-refractivity contribution in [1.29, 1.82) is 0 Å². The number of aromatic nitrogens is 2. The number of methoxy groups -OCH3 is 1. The van der Waals surface area contributed by atoms with Gasteiger partial charge in [-0.1, -0.05) is 23.7 Å². The first-order valence-corrected chi connectivity index (χ1v) is 9.46. The van der Waals surface area contributed by atoms with Crippen LogP contribution >= 0.6 is 23.2 Å². The maximum Gasteiger partial charge on any atom is 0.227 e. The normalized spacial score (nSPS) is 20.0. The molecule has 0 spiro atoms. The van der Waals surface area contributed by atoms with Gasteiger partial charge in [-0.05, 0) is 30.2 Å². The van der Waals surface area contributed by atoms with Gasteiger partial charge >= 0.3 is 0 Å². The minimum atomic E-state index is -0.415. The molecule has 26 heavy (non-hydrogen) atoms. The van der Waals surface area contributed by atoms with Crippen LogP contribution in [-0.4, -0.2) is 47.7 Å². The highest BCUT2D eigenvalue weighted by Crippen LogP contribution is 2.25. The summed E-state index contributed by atoms with van der Waals surface area (Å²) in [5.41, 5.74) is 0.722. The minimum absolute atomic E-state index is 0.0419. The Labute approximate surface area is 163 Å². The topological polar surface area (TPSA) is 59.5 Å². The maximum atomic E-state index is 6.31. The van der Waals surface area contributed by atoms with Gasteiger partial charge in [-0.3, -0.25) is 0 Å². The summed E-state index contributed by atoms with van der Waals surface area (Å²) in [5, 5.41) is 3.33. The van der Waals surface area contributed by atoms with Crippen LogP contribution in [0, 0.1) is 0 Å². The van der Waals surface area contributed by atoms with Crippen molar-refractivity contribution in [2.75, 3.05) is 36.4 Å². The Morgan fingerprint density at radius 1 is 1.31 bits per heavy atom. The molecule has 2 heterocycles. The summed E-state index contributed by atoms with van der Waals surface area (Å²) in [7, 11) is 1.66. The average molecular weight is 397 g/mol. The van der Waals surface area contributed by atoms with Crippen molar-refractivity contribution in [3.05, 3.63) is 42.1 Å². The lowest BCUT2D eigenvalue weighted by Crippen LogP contribution is -2.50. The number of halogens is 2. The molecule has 0 saturated carbocycles. The Bertz CT molecular complexity index is 702. The molecule has 8 heteroatoms. The molecule has 1 aromatic carbocycles. The van der Waals surface area contributed by atoms with Gasteiger partial charge in [0.25, 0.3) is 0 Å². The van der Waals surface area contributed by atoms with E-state index in [0.29, 0.717) is 37.9 Å². The molecule has 3 rings (SSSR count). The number of morpholine rings is 1. The summed E-state index contributed by atoms with van der Waals surface area (Å²) in [6.45, 7) is 1.89. The zero-order valence-electron chi connectivity index (χ0n) is 14.6. The monoisotopic (exact) mass is 396 g/mol.